The van der Waals surface area contributed by atoms with Crippen LogP contribution in [0.5, 0.6) is 0 Å². The standard InChI is InChI=1S/C9H17N3O2/c10-9(14)11-6-8(13)7-12-4-2-1-3-5-12/h1-7H2,(H3,10,11,14). The summed E-state index contributed by atoms with van der Waals surface area (Å²) in [7, 11) is 0. The summed E-state index contributed by atoms with van der Waals surface area (Å²) in [6.07, 6.45) is 3.58. The largest absolute Gasteiger partial charge is 0.352 e. The van der Waals surface area contributed by atoms with E-state index < -0.39 is 6.03 Å². The molecule has 5 nitrogen and oxygen atoms in total. The third kappa shape index (κ3) is 4.23. The van der Waals surface area contributed by atoms with Crippen LogP contribution in [-0.2, 0) is 4.79 Å². The predicted octanol–water partition coefficient (Wildman–Crippen LogP) is -0.290. The van der Waals surface area contributed by atoms with Crippen LogP contribution in [0.25, 0.3) is 0 Å². The molecule has 1 saturated heterocycles. The third-order valence-corrected chi connectivity index (χ3v) is 2.31. The number of ketones is 1. The van der Waals surface area contributed by atoms with Crippen molar-refractivity contribution in [2.75, 3.05) is 26.2 Å². The first kappa shape index (κ1) is 11.0. The van der Waals surface area contributed by atoms with E-state index in [-0.39, 0.29) is 12.3 Å². The van der Waals surface area contributed by atoms with Gasteiger partial charge < -0.3 is 11.1 Å². The molecule has 1 aliphatic heterocycles. The number of likely N-dealkylation sites (tertiary alicyclic amines) is 1. The second kappa shape index (κ2) is 5.59. The number of primary amides is 1. The second-order valence-electron chi connectivity index (χ2n) is 3.59. The Bertz CT molecular complexity index is 212. The van der Waals surface area contributed by atoms with Gasteiger partial charge in [0.05, 0.1) is 13.1 Å². The molecule has 14 heavy (non-hydrogen) atoms. The van der Waals surface area contributed by atoms with Gasteiger partial charge in [0, 0.05) is 0 Å². The van der Waals surface area contributed by atoms with Crippen LogP contribution in [-0.4, -0.2) is 42.9 Å². The van der Waals surface area contributed by atoms with Gasteiger partial charge in [-0.1, -0.05) is 6.42 Å². The highest BCUT2D eigenvalue weighted by Gasteiger charge is 2.13. The fourth-order valence-corrected chi connectivity index (χ4v) is 1.61. The third-order valence-electron chi connectivity index (χ3n) is 2.31. The average Bonchev–Trinajstić information content (AvgIpc) is 2.16. The molecule has 0 bridgehead atoms. The Kier molecular flexibility index (Phi) is 4.39. The molecule has 0 aliphatic carbocycles. The number of carbonyl (C=O) groups is 2. The van der Waals surface area contributed by atoms with Gasteiger partial charge in [-0.3, -0.25) is 9.69 Å². The van der Waals surface area contributed by atoms with E-state index in [2.05, 4.69) is 10.2 Å². The molecule has 1 heterocycles. The number of nitrogens with one attached hydrogen (secondary N) is 1. The van der Waals surface area contributed by atoms with E-state index in [1.54, 1.807) is 0 Å². The van der Waals surface area contributed by atoms with Crippen molar-refractivity contribution in [2.24, 2.45) is 5.73 Å². The number of hydrogen-bond donors (Lipinski definition) is 2. The van der Waals surface area contributed by atoms with Gasteiger partial charge in [0.2, 0.25) is 0 Å². The normalized spacial score (nSPS) is 17.7. The lowest BCUT2D eigenvalue weighted by atomic mass is 10.1. The number of piperidine rings is 1. The molecule has 0 aromatic heterocycles. The monoisotopic (exact) mass is 199 g/mol. The van der Waals surface area contributed by atoms with Crippen LogP contribution in [0.3, 0.4) is 0 Å². The summed E-state index contributed by atoms with van der Waals surface area (Å²) in [5, 5.41) is 2.30. The van der Waals surface area contributed by atoms with Crippen molar-refractivity contribution in [1.29, 1.82) is 0 Å². The molecule has 80 valence electrons. The highest BCUT2D eigenvalue weighted by molar-refractivity contribution is 5.86. The van der Waals surface area contributed by atoms with Crippen molar-refractivity contribution < 1.29 is 9.59 Å². The van der Waals surface area contributed by atoms with Crippen molar-refractivity contribution in [3.05, 3.63) is 0 Å². The smallest absolute Gasteiger partial charge is 0.312 e. The van der Waals surface area contributed by atoms with Gasteiger partial charge >= 0.3 is 6.03 Å². The maximum Gasteiger partial charge on any atom is 0.312 e. The Morgan fingerprint density at radius 3 is 2.43 bits per heavy atom. The van der Waals surface area contributed by atoms with Gasteiger partial charge in [0.25, 0.3) is 0 Å². The van der Waals surface area contributed by atoms with E-state index in [9.17, 15) is 9.59 Å². The number of hydrogen-bond acceptors (Lipinski definition) is 3. The second-order valence-corrected chi connectivity index (χ2v) is 3.59. The quantitative estimate of drug-likeness (QED) is 0.653. The maximum atomic E-state index is 11.3. The molecule has 2 amide bonds. The average molecular weight is 199 g/mol. The van der Waals surface area contributed by atoms with Crippen molar-refractivity contribution in [3.8, 4) is 0 Å². The van der Waals surface area contributed by atoms with Crippen LogP contribution < -0.4 is 11.1 Å². The van der Waals surface area contributed by atoms with Crippen molar-refractivity contribution in [2.45, 2.75) is 19.3 Å². The Morgan fingerprint density at radius 1 is 1.21 bits per heavy atom. The number of nitrogens with zero attached hydrogens (tertiary/aromatic N) is 1. The molecule has 0 saturated carbocycles. The minimum Gasteiger partial charge on any atom is -0.352 e. The molecule has 0 unspecified atom stereocenters. The Hall–Kier alpha value is -1.10. The summed E-state index contributed by atoms with van der Waals surface area (Å²) >= 11 is 0. The zero-order valence-corrected chi connectivity index (χ0v) is 8.29. The van der Waals surface area contributed by atoms with Crippen LogP contribution in [0.15, 0.2) is 0 Å². The van der Waals surface area contributed by atoms with E-state index in [0.717, 1.165) is 25.9 Å². The van der Waals surface area contributed by atoms with E-state index in [0.29, 0.717) is 6.54 Å². The fraction of sp³-hybridized carbons (Fsp3) is 0.778. The van der Waals surface area contributed by atoms with Gasteiger partial charge in [-0.2, -0.15) is 0 Å². The minimum absolute atomic E-state index is 0.0192. The molecule has 1 aliphatic rings. The topological polar surface area (TPSA) is 75.4 Å². The van der Waals surface area contributed by atoms with Gasteiger partial charge in [0.1, 0.15) is 0 Å². The lowest BCUT2D eigenvalue weighted by molar-refractivity contribution is -0.119. The summed E-state index contributed by atoms with van der Waals surface area (Å²) in [5.74, 6) is 0.0192. The first-order valence-corrected chi connectivity index (χ1v) is 4.96. The molecule has 0 aromatic carbocycles. The summed E-state index contributed by atoms with van der Waals surface area (Å²) in [5.41, 5.74) is 4.86. The predicted molar refractivity (Wildman–Crippen MR) is 52.9 cm³/mol. The van der Waals surface area contributed by atoms with Crippen LogP contribution in [0, 0.1) is 0 Å². The SMILES string of the molecule is NC(=O)NCC(=O)CN1CCCCC1. The van der Waals surface area contributed by atoms with Crippen LogP contribution in [0.4, 0.5) is 4.79 Å². The van der Waals surface area contributed by atoms with E-state index >= 15 is 0 Å². The van der Waals surface area contributed by atoms with Crippen molar-refractivity contribution in [3.63, 3.8) is 0 Å². The van der Waals surface area contributed by atoms with Gasteiger partial charge in [-0.15, -0.1) is 0 Å². The summed E-state index contributed by atoms with van der Waals surface area (Å²) in [4.78, 5) is 23.8. The Labute approximate surface area is 83.6 Å². The summed E-state index contributed by atoms with van der Waals surface area (Å²) in [6, 6.07) is -0.642. The number of urea groups is 1. The van der Waals surface area contributed by atoms with E-state index in [1.807, 2.05) is 0 Å². The van der Waals surface area contributed by atoms with Gasteiger partial charge in [-0.25, -0.2) is 4.79 Å². The summed E-state index contributed by atoms with van der Waals surface area (Å²) in [6.45, 7) is 2.46. The highest BCUT2D eigenvalue weighted by atomic mass is 16.2. The summed E-state index contributed by atoms with van der Waals surface area (Å²) < 4.78 is 0. The molecular weight excluding hydrogens is 182 g/mol. The van der Waals surface area contributed by atoms with E-state index in [1.165, 1.54) is 6.42 Å². The van der Waals surface area contributed by atoms with Crippen molar-refractivity contribution in [1.82, 2.24) is 10.2 Å². The molecule has 0 aromatic rings. The number of amides is 2. The highest BCUT2D eigenvalue weighted by Crippen LogP contribution is 2.07. The van der Waals surface area contributed by atoms with Gasteiger partial charge in [0.15, 0.2) is 5.78 Å². The lowest BCUT2D eigenvalue weighted by Crippen LogP contribution is -2.40. The molecule has 1 fully saturated rings. The van der Waals surface area contributed by atoms with Crippen LogP contribution >= 0.6 is 0 Å². The maximum absolute atomic E-state index is 11.3. The minimum atomic E-state index is -0.642. The molecule has 0 spiro atoms. The number of nitrogens with two attached hydrogens (primary N) is 1. The number of carbonyl (C=O) groups excluding carboxylic acids is 2. The van der Waals surface area contributed by atoms with Crippen LogP contribution in [0.1, 0.15) is 19.3 Å². The first-order valence-electron chi connectivity index (χ1n) is 4.96. The molecule has 3 N–H and O–H groups in total. The zero-order valence-electron chi connectivity index (χ0n) is 8.29. The number of rotatable bonds is 4. The number of Topliss-reactive ketones (excluding diaryl/α,β-unsaturated/α-hetero) is 1. The molecule has 0 radical (unpaired) electrons. The zero-order chi connectivity index (χ0) is 10.4. The molecular formula is C9H17N3O2. The molecule has 5 heteroatoms. The van der Waals surface area contributed by atoms with Crippen molar-refractivity contribution >= 4 is 11.8 Å². The van der Waals surface area contributed by atoms with E-state index in [4.69, 9.17) is 5.73 Å². The first-order chi connectivity index (χ1) is 6.68. The fourth-order valence-electron chi connectivity index (χ4n) is 1.61. The molecule has 1 rings (SSSR count). The molecule has 0 atom stereocenters. The Balaban J connectivity index is 2.15. The Morgan fingerprint density at radius 2 is 1.86 bits per heavy atom. The van der Waals surface area contributed by atoms with Gasteiger partial charge in [-0.05, 0) is 25.9 Å². The lowest BCUT2D eigenvalue weighted by Gasteiger charge is -2.25. The van der Waals surface area contributed by atoms with Crippen LogP contribution in [0.2, 0.25) is 0 Å².